The molecule has 0 aliphatic carbocycles. The van der Waals surface area contributed by atoms with E-state index in [2.05, 4.69) is 16.0 Å². The fraction of sp³-hybridized carbons (Fsp3) is 0.583. The SMILES string of the molecule is CSCCC(N)C(=O)NC(Cc1ccccc1)C(=O)NC(C(=O)NC(CC(C)C)C(=O)O)C(C)O. The van der Waals surface area contributed by atoms with Gasteiger partial charge in [-0.05, 0) is 43.3 Å². The zero-order valence-corrected chi connectivity index (χ0v) is 21.5. The van der Waals surface area contributed by atoms with Crippen LogP contribution in [0.15, 0.2) is 30.3 Å². The summed E-state index contributed by atoms with van der Waals surface area (Å²) in [5, 5.41) is 27.1. The summed E-state index contributed by atoms with van der Waals surface area (Å²) in [5.74, 6) is -2.57. The van der Waals surface area contributed by atoms with Gasteiger partial charge < -0.3 is 31.9 Å². The lowest BCUT2D eigenvalue weighted by molar-refractivity contribution is -0.143. The molecule has 0 aliphatic heterocycles. The largest absolute Gasteiger partial charge is 0.480 e. The van der Waals surface area contributed by atoms with E-state index >= 15 is 0 Å². The van der Waals surface area contributed by atoms with Crippen molar-refractivity contribution in [3.63, 3.8) is 0 Å². The minimum atomic E-state index is -1.42. The lowest BCUT2D eigenvalue weighted by Gasteiger charge is -2.27. The third kappa shape index (κ3) is 11.1. The molecule has 196 valence electrons. The summed E-state index contributed by atoms with van der Waals surface area (Å²) in [6.07, 6.45) is 1.32. The summed E-state index contributed by atoms with van der Waals surface area (Å²) in [5.41, 5.74) is 6.72. The molecule has 1 aromatic carbocycles. The second-order valence-electron chi connectivity index (χ2n) is 8.89. The zero-order valence-electron chi connectivity index (χ0n) is 20.7. The van der Waals surface area contributed by atoms with E-state index in [1.807, 2.05) is 26.2 Å². The Hall–Kier alpha value is -2.63. The molecule has 1 aromatic rings. The van der Waals surface area contributed by atoms with Gasteiger partial charge in [0, 0.05) is 6.42 Å². The van der Waals surface area contributed by atoms with Gasteiger partial charge in [-0.15, -0.1) is 0 Å². The average molecular weight is 511 g/mol. The summed E-state index contributed by atoms with van der Waals surface area (Å²) in [6, 6.07) is 4.53. The number of carboxylic acid groups (broad SMARTS) is 1. The third-order valence-corrected chi connectivity index (χ3v) is 5.91. The quantitative estimate of drug-likeness (QED) is 0.195. The number of thioether (sulfide) groups is 1. The number of rotatable bonds is 15. The highest BCUT2D eigenvalue weighted by Gasteiger charge is 2.33. The highest BCUT2D eigenvalue weighted by Crippen LogP contribution is 2.08. The summed E-state index contributed by atoms with van der Waals surface area (Å²) < 4.78 is 0. The van der Waals surface area contributed by atoms with Crippen molar-refractivity contribution in [1.82, 2.24) is 16.0 Å². The molecule has 0 aliphatic rings. The van der Waals surface area contributed by atoms with E-state index in [1.54, 1.807) is 36.0 Å². The van der Waals surface area contributed by atoms with Gasteiger partial charge in [-0.25, -0.2) is 4.79 Å². The van der Waals surface area contributed by atoms with Gasteiger partial charge in [-0.3, -0.25) is 14.4 Å². The molecule has 1 rings (SSSR count). The number of nitrogens with one attached hydrogen (secondary N) is 3. The number of nitrogens with two attached hydrogens (primary N) is 1. The fourth-order valence-electron chi connectivity index (χ4n) is 3.33. The number of amides is 3. The number of aliphatic hydroxyl groups is 1. The molecule has 3 amide bonds. The molecule has 0 heterocycles. The van der Waals surface area contributed by atoms with E-state index in [0.29, 0.717) is 12.2 Å². The number of hydrogen-bond acceptors (Lipinski definition) is 7. The van der Waals surface area contributed by atoms with Gasteiger partial charge in [-0.2, -0.15) is 11.8 Å². The molecular weight excluding hydrogens is 472 g/mol. The fourth-order valence-corrected chi connectivity index (χ4v) is 3.82. The van der Waals surface area contributed by atoms with Crippen LogP contribution in [-0.4, -0.2) is 76.2 Å². The molecule has 35 heavy (non-hydrogen) atoms. The molecule has 11 heteroatoms. The van der Waals surface area contributed by atoms with Gasteiger partial charge in [0.15, 0.2) is 0 Å². The molecule has 10 nitrogen and oxygen atoms in total. The summed E-state index contributed by atoms with van der Waals surface area (Å²) in [6.45, 7) is 4.94. The van der Waals surface area contributed by atoms with Gasteiger partial charge in [0.05, 0.1) is 12.1 Å². The highest BCUT2D eigenvalue weighted by atomic mass is 32.2. The molecule has 0 saturated carbocycles. The number of aliphatic hydroxyl groups excluding tert-OH is 1. The number of aliphatic carboxylic acids is 1. The van der Waals surface area contributed by atoms with Crippen LogP contribution in [0, 0.1) is 5.92 Å². The van der Waals surface area contributed by atoms with Crippen LogP contribution in [0.3, 0.4) is 0 Å². The first-order chi connectivity index (χ1) is 16.5. The minimum Gasteiger partial charge on any atom is -0.480 e. The van der Waals surface area contributed by atoms with Crippen molar-refractivity contribution in [3.05, 3.63) is 35.9 Å². The van der Waals surface area contributed by atoms with E-state index < -0.39 is 54.0 Å². The lowest BCUT2D eigenvalue weighted by Crippen LogP contribution is -2.60. The Morgan fingerprint density at radius 2 is 1.54 bits per heavy atom. The van der Waals surface area contributed by atoms with E-state index in [9.17, 15) is 29.4 Å². The van der Waals surface area contributed by atoms with Gasteiger partial charge in [0.1, 0.15) is 18.1 Å². The smallest absolute Gasteiger partial charge is 0.326 e. The molecule has 0 bridgehead atoms. The minimum absolute atomic E-state index is 0.00299. The van der Waals surface area contributed by atoms with Gasteiger partial charge in [0.2, 0.25) is 17.7 Å². The topological polar surface area (TPSA) is 171 Å². The highest BCUT2D eigenvalue weighted by molar-refractivity contribution is 7.98. The number of carbonyl (C=O) groups is 4. The van der Waals surface area contributed by atoms with Gasteiger partial charge >= 0.3 is 5.97 Å². The average Bonchev–Trinajstić information content (AvgIpc) is 2.79. The number of benzene rings is 1. The molecule has 0 saturated heterocycles. The van der Waals surface area contributed by atoms with Crippen LogP contribution in [0.5, 0.6) is 0 Å². The first kappa shape index (κ1) is 30.4. The van der Waals surface area contributed by atoms with Crippen LogP contribution in [0.25, 0.3) is 0 Å². The van der Waals surface area contributed by atoms with Crippen molar-refractivity contribution in [2.24, 2.45) is 11.7 Å². The van der Waals surface area contributed by atoms with Crippen LogP contribution >= 0.6 is 11.8 Å². The molecule has 5 atom stereocenters. The maximum atomic E-state index is 13.2. The Balaban J connectivity index is 3.04. The lowest BCUT2D eigenvalue weighted by atomic mass is 10.0. The molecule has 7 N–H and O–H groups in total. The molecule has 0 fully saturated rings. The van der Waals surface area contributed by atoms with Crippen LogP contribution in [0.2, 0.25) is 0 Å². The predicted molar refractivity (Wildman–Crippen MR) is 136 cm³/mol. The molecule has 0 spiro atoms. The molecule has 5 unspecified atom stereocenters. The first-order valence-electron chi connectivity index (χ1n) is 11.6. The Bertz CT molecular complexity index is 837. The second kappa shape index (κ2) is 15.4. The third-order valence-electron chi connectivity index (χ3n) is 5.27. The Morgan fingerprint density at radius 3 is 2.06 bits per heavy atom. The Morgan fingerprint density at radius 1 is 0.943 bits per heavy atom. The first-order valence-corrected chi connectivity index (χ1v) is 13.0. The summed E-state index contributed by atoms with van der Waals surface area (Å²) in [7, 11) is 0. The van der Waals surface area contributed by atoms with Crippen molar-refractivity contribution in [3.8, 4) is 0 Å². The van der Waals surface area contributed by atoms with Crippen molar-refractivity contribution in [1.29, 1.82) is 0 Å². The number of carboxylic acids is 1. The predicted octanol–water partition coefficient (Wildman–Crippen LogP) is 0.275. The van der Waals surface area contributed by atoms with Crippen molar-refractivity contribution >= 4 is 35.5 Å². The normalized spacial score (nSPS) is 15.4. The maximum absolute atomic E-state index is 13.2. The Labute approximate surface area is 210 Å². The number of hydrogen-bond donors (Lipinski definition) is 6. The van der Waals surface area contributed by atoms with E-state index in [0.717, 1.165) is 5.56 Å². The van der Waals surface area contributed by atoms with E-state index in [4.69, 9.17) is 5.73 Å². The second-order valence-corrected chi connectivity index (χ2v) is 9.88. The van der Waals surface area contributed by atoms with Gasteiger partial charge in [0.25, 0.3) is 0 Å². The summed E-state index contributed by atoms with van der Waals surface area (Å²) >= 11 is 1.55. The van der Waals surface area contributed by atoms with Crippen LogP contribution in [-0.2, 0) is 25.6 Å². The van der Waals surface area contributed by atoms with Crippen LogP contribution in [0.1, 0.15) is 39.2 Å². The molecular formula is C24H38N4O6S. The Kier molecular flexibility index (Phi) is 13.4. The number of carbonyl (C=O) groups excluding carboxylic acids is 3. The summed E-state index contributed by atoms with van der Waals surface area (Å²) in [4.78, 5) is 50.1. The van der Waals surface area contributed by atoms with Crippen molar-refractivity contribution in [2.45, 2.75) is 70.3 Å². The van der Waals surface area contributed by atoms with Crippen molar-refractivity contribution < 1.29 is 29.4 Å². The monoisotopic (exact) mass is 510 g/mol. The van der Waals surface area contributed by atoms with E-state index in [-0.39, 0.29) is 18.8 Å². The van der Waals surface area contributed by atoms with Gasteiger partial charge in [-0.1, -0.05) is 44.2 Å². The standard InChI is InChI=1S/C24H38N4O6S/c1-14(2)12-19(24(33)34)27-23(32)20(15(3)29)28-22(31)18(13-16-8-6-5-7-9-16)26-21(30)17(25)10-11-35-4/h5-9,14-15,17-20,29H,10-13,25H2,1-4H3,(H,26,30)(H,27,32)(H,28,31)(H,33,34). The van der Waals surface area contributed by atoms with Crippen LogP contribution < -0.4 is 21.7 Å². The zero-order chi connectivity index (χ0) is 26.5. The maximum Gasteiger partial charge on any atom is 0.326 e. The van der Waals surface area contributed by atoms with Crippen LogP contribution in [0.4, 0.5) is 0 Å². The van der Waals surface area contributed by atoms with E-state index in [1.165, 1.54) is 6.92 Å². The molecule has 0 radical (unpaired) electrons. The van der Waals surface area contributed by atoms with Crippen molar-refractivity contribution in [2.75, 3.05) is 12.0 Å². The molecule has 0 aromatic heterocycles.